The molecular weight excluding hydrogens is 380 g/mol. The highest BCUT2D eigenvalue weighted by molar-refractivity contribution is 7.80. The molecule has 5 heteroatoms. The van der Waals surface area contributed by atoms with Gasteiger partial charge in [0.1, 0.15) is 0 Å². The van der Waals surface area contributed by atoms with Gasteiger partial charge in [-0.05, 0) is 67.1 Å². The monoisotopic (exact) mass is 408 g/mol. The van der Waals surface area contributed by atoms with Crippen LogP contribution >= 0.6 is 12.2 Å². The number of ether oxygens (including phenoxy) is 1. The zero-order chi connectivity index (χ0) is 20.1. The summed E-state index contributed by atoms with van der Waals surface area (Å²) in [7, 11) is 0. The lowest BCUT2D eigenvalue weighted by Crippen LogP contribution is -2.48. The van der Waals surface area contributed by atoms with Crippen molar-refractivity contribution in [2.45, 2.75) is 38.2 Å². The molecule has 1 atom stereocenters. The van der Waals surface area contributed by atoms with Gasteiger partial charge in [0, 0.05) is 25.3 Å². The molecule has 4 rings (SSSR count). The van der Waals surface area contributed by atoms with E-state index in [-0.39, 0.29) is 12.0 Å². The zero-order valence-corrected chi connectivity index (χ0v) is 17.5. The van der Waals surface area contributed by atoms with Crippen molar-refractivity contribution in [1.82, 2.24) is 10.2 Å². The van der Waals surface area contributed by atoms with Gasteiger partial charge in [-0.2, -0.15) is 0 Å². The van der Waals surface area contributed by atoms with Crippen LogP contribution in [-0.4, -0.2) is 41.7 Å². The van der Waals surface area contributed by atoms with Crippen molar-refractivity contribution in [3.8, 4) is 11.1 Å². The van der Waals surface area contributed by atoms with Gasteiger partial charge in [-0.15, -0.1) is 0 Å². The smallest absolute Gasteiger partial charge is 0.257 e. The molecule has 1 saturated heterocycles. The van der Waals surface area contributed by atoms with Gasteiger partial charge in [0.25, 0.3) is 5.91 Å². The second-order valence-corrected chi connectivity index (χ2v) is 8.43. The van der Waals surface area contributed by atoms with Crippen molar-refractivity contribution in [1.29, 1.82) is 0 Å². The summed E-state index contributed by atoms with van der Waals surface area (Å²) in [5.74, 6) is 0.525. The number of thiocarbonyl (C=S) groups is 1. The Morgan fingerprint density at radius 3 is 2.31 bits per heavy atom. The number of nitrogens with one attached hydrogen (secondary N) is 1. The first-order valence-corrected chi connectivity index (χ1v) is 11.0. The number of benzene rings is 2. The quantitative estimate of drug-likeness (QED) is 0.707. The van der Waals surface area contributed by atoms with E-state index in [9.17, 15) is 4.79 Å². The molecule has 1 unspecified atom stereocenters. The topological polar surface area (TPSA) is 41.6 Å². The minimum atomic E-state index is -0.152. The largest absolute Gasteiger partial charge is 0.376 e. The number of nitrogens with zero attached hydrogens (tertiary/aromatic N) is 1. The molecule has 0 aromatic heterocycles. The fourth-order valence-electron chi connectivity index (χ4n) is 3.95. The highest BCUT2D eigenvalue weighted by atomic mass is 32.1. The van der Waals surface area contributed by atoms with Crippen molar-refractivity contribution in [2.75, 3.05) is 19.7 Å². The lowest BCUT2D eigenvalue weighted by molar-refractivity contribution is 0.0822. The van der Waals surface area contributed by atoms with Crippen LogP contribution in [0, 0.1) is 5.92 Å². The standard InChI is InChI=1S/C24H28N2O2S/c27-23(21-13-11-20(12-14-21)19-8-2-1-3-9-19)25-24(29)26(16-18-6-4-7-18)17-22-10-5-15-28-22/h1-3,8-9,11-14,18,22H,4-7,10,15-17H2,(H,25,27,29). The average Bonchev–Trinajstić information content (AvgIpc) is 3.23. The van der Waals surface area contributed by atoms with Gasteiger partial charge in [0.05, 0.1) is 6.10 Å². The van der Waals surface area contributed by atoms with Gasteiger partial charge >= 0.3 is 0 Å². The average molecular weight is 409 g/mol. The fraction of sp³-hybridized carbons (Fsp3) is 0.417. The number of hydrogen-bond donors (Lipinski definition) is 1. The van der Waals surface area contributed by atoms with E-state index in [0.29, 0.717) is 16.6 Å². The molecule has 0 spiro atoms. The molecule has 29 heavy (non-hydrogen) atoms. The SMILES string of the molecule is O=C(NC(=S)N(CC1CCC1)CC1CCCO1)c1ccc(-c2ccccc2)cc1. The van der Waals surface area contributed by atoms with Crippen LogP contribution in [0.4, 0.5) is 0 Å². The van der Waals surface area contributed by atoms with Crippen LogP contribution in [0.2, 0.25) is 0 Å². The highest BCUT2D eigenvalue weighted by Crippen LogP contribution is 2.28. The molecule has 1 amide bonds. The lowest BCUT2D eigenvalue weighted by atomic mass is 9.85. The third-order valence-electron chi connectivity index (χ3n) is 5.91. The Balaban J connectivity index is 1.38. The van der Waals surface area contributed by atoms with E-state index in [1.807, 2.05) is 42.5 Å². The summed E-state index contributed by atoms with van der Waals surface area (Å²) >= 11 is 5.62. The number of carbonyl (C=O) groups excluding carboxylic acids is 1. The Labute approximate surface area is 178 Å². The van der Waals surface area contributed by atoms with Gasteiger partial charge < -0.3 is 9.64 Å². The first-order chi connectivity index (χ1) is 14.2. The van der Waals surface area contributed by atoms with Crippen LogP contribution in [0.3, 0.4) is 0 Å². The van der Waals surface area contributed by atoms with E-state index in [2.05, 4.69) is 22.3 Å². The maximum absolute atomic E-state index is 12.8. The van der Waals surface area contributed by atoms with E-state index < -0.39 is 0 Å². The molecule has 4 nitrogen and oxygen atoms in total. The zero-order valence-electron chi connectivity index (χ0n) is 16.7. The molecule has 2 fully saturated rings. The van der Waals surface area contributed by atoms with E-state index in [0.717, 1.165) is 43.7 Å². The molecule has 0 bridgehead atoms. The van der Waals surface area contributed by atoms with Gasteiger partial charge in [0.15, 0.2) is 5.11 Å². The number of hydrogen-bond acceptors (Lipinski definition) is 3. The van der Waals surface area contributed by atoms with E-state index >= 15 is 0 Å². The van der Waals surface area contributed by atoms with Gasteiger partial charge in [-0.1, -0.05) is 48.9 Å². The summed E-state index contributed by atoms with van der Waals surface area (Å²) < 4.78 is 5.80. The van der Waals surface area contributed by atoms with E-state index in [1.165, 1.54) is 19.3 Å². The van der Waals surface area contributed by atoms with Crippen molar-refractivity contribution in [2.24, 2.45) is 5.92 Å². The molecular formula is C24H28N2O2S. The maximum Gasteiger partial charge on any atom is 0.257 e. The third kappa shape index (κ3) is 5.22. The first-order valence-electron chi connectivity index (χ1n) is 10.6. The summed E-state index contributed by atoms with van der Waals surface area (Å²) in [6, 6.07) is 17.8. The summed E-state index contributed by atoms with van der Waals surface area (Å²) in [6.45, 7) is 2.50. The van der Waals surface area contributed by atoms with Gasteiger partial charge in [-0.25, -0.2) is 0 Å². The molecule has 0 radical (unpaired) electrons. The molecule has 2 aliphatic rings. The van der Waals surface area contributed by atoms with Crippen molar-refractivity contribution < 1.29 is 9.53 Å². The Hall–Kier alpha value is -2.24. The maximum atomic E-state index is 12.8. The Bertz CT molecular complexity index is 828. The second-order valence-electron chi connectivity index (χ2n) is 8.04. The first kappa shape index (κ1) is 20.0. The number of rotatable bonds is 6. The van der Waals surface area contributed by atoms with Gasteiger partial charge in [0.2, 0.25) is 0 Å². The molecule has 1 aliphatic heterocycles. The molecule has 2 aromatic rings. The number of carbonyl (C=O) groups is 1. The van der Waals surface area contributed by atoms with Gasteiger partial charge in [-0.3, -0.25) is 10.1 Å². The minimum Gasteiger partial charge on any atom is -0.376 e. The van der Waals surface area contributed by atoms with Crippen LogP contribution in [0.15, 0.2) is 54.6 Å². The molecule has 1 N–H and O–H groups in total. The predicted octanol–water partition coefficient (Wildman–Crippen LogP) is 4.65. The lowest BCUT2D eigenvalue weighted by Gasteiger charge is -2.35. The van der Waals surface area contributed by atoms with Crippen LogP contribution < -0.4 is 5.32 Å². The third-order valence-corrected chi connectivity index (χ3v) is 6.27. The normalized spacial score (nSPS) is 18.8. The Kier molecular flexibility index (Phi) is 6.57. The van der Waals surface area contributed by atoms with E-state index in [1.54, 1.807) is 0 Å². The second kappa shape index (κ2) is 9.51. The summed E-state index contributed by atoms with van der Waals surface area (Å²) in [5.41, 5.74) is 2.85. The minimum absolute atomic E-state index is 0.152. The van der Waals surface area contributed by atoms with Crippen molar-refractivity contribution >= 4 is 23.2 Å². The Morgan fingerprint density at radius 1 is 0.966 bits per heavy atom. The molecule has 1 aliphatic carbocycles. The van der Waals surface area contributed by atoms with Crippen LogP contribution in [0.5, 0.6) is 0 Å². The molecule has 2 aromatic carbocycles. The van der Waals surface area contributed by atoms with Crippen LogP contribution in [-0.2, 0) is 4.74 Å². The highest BCUT2D eigenvalue weighted by Gasteiger charge is 2.26. The summed E-state index contributed by atoms with van der Waals surface area (Å²) in [5, 5.41) is 3.46. The predicted molar refractivity (Wildman–Crippen MR) is 120 cm³/mol. The Morgan fingerprint density at radius 2 is 1.69 bits per heavy atom. The fourth-order valence-corrected chi connectivity index (χ4v) is 4.20. The summed E-state index contributed by atoms with van der Waals surface area (Å²) in [6.07, 6.45) is 6.19. The van der Waals surface area contributed by atoms with Crippen molar-refractivity contribution in [3.63, 3.8) is 0 Å². The number of amides is 1. The van der Waals surface area contributed by atoms with E-state index in [4.69, 9.17) is 17.0 Å². The van der Waals surface area contributed by atoms with Crippen molar-refractivity contribution in [3.05, 3.63) is 60.2 Å². The molecule has 152 valence electrons. The van der Waals surface area contributed by atoms with Crippen LogP contribution in [0.25, 0.3) is 11.1 Å². The summed E-state index contributed by atoms with van der Waals surface area (Å²) in [4.78, 5) is 14.9. The molecule has 1 saturated carbocycles. The molecule has 1 heterocycles. The van der Waals surface area contributed by atoms with Crippen LogP contribution in [0.1, 0.15) is 42.5 Å².